The molecule has 0 aliphatic rings. The van der Waals surface area contributed by atoms with Gasteiger partial charge in [-0.05, 0) is 35.7 Å². The van der Waals surface area contributed by atoms with Crippen LogP contribution < -0.4 is 0 Å². The molecule has 0 bridgehead atoms. The van der Waals surface area contributed by atoms with Crippen molar-refractivity contribution in [3.63, 3.8) is 0 Å². The molecule has 0 saturated carbocycles. The quantitative estimate of drug-likeness (QED) is 0.758. The molecule has 2 aromatic rings. The zero-order chi connectivity index (χ0) is 15.6. The number of hydrogen-bond acceptors (Lipinski definition) is 4. The molecular formula is C15H17ClO4S. The average Bonchev–Trinajstić information content (AvgIpc) is 2.71. The van der Waals surface area contributed by atoms with Gasteiger partial charge in [-0.3, -0.25) is 4.79 Å². The number of furan rings is 1. The maximum Gasteiger partial charge on any atom is 0.256 e. The van der Waals surface area contributed by atoms with Crippen LogP contribution in [0.4, 0.5) is 0 Å². The Morgan fingerprint density at radius 3 is 2.62 bits per heavy atom. The predicted octanol–water partition coefficient (Wildman–Crippen LogP) is 3.70. The molecule has 21 heavy (non-hydrogen) atoms. The largest absolute Gasteiger partial charge is 0.460 e. The highest BCUT2D eigenvalue weighted by molar-refractivity contribution is 7.89. The Morgan fingerprint density at radius 2 is 2.05 bits per heavy atom. The number of fused-ring (bicyclic) bond motifs is 1. The molecule has 0 fully saturated rings. The Hall–Kier alpha value is -1.33. The van der Waals surface area contributed by atoms with Gasteiger partial charge in [0.25, 0.3) is 5.24 Å². The molecule has 114 valence electrons. The molecule has 0 amide bonds. The van der Waals surface area contributed by atoms with Crippen molar-refractivity contribution >= 4 is 37.6 Å². The van der Waals surface area contributed by atoms with E-state index in [0.29, 0.717) is 34.3 Å². The monoisotopic (exact) mass is 328 g/mol. The fourth-order valence-corrected chi connectivity index (χ4v) is 3.31. The summed E-state index contributed by atoms with van der Waals surface area (Å²) in [5.41, 5.74) is 1.53. The Kier molecular flexibility index (Phi) is 4.74. The Labute approximate surface area is 129 Å². The van der Waals surface area contributed by atoms with Crippen LogP contribution >= 0.6 is 11.6 Å². The summed E-state index contributed by atoms with van der Waals surface area (Å²) in [7, 11) is -3.13. The van der Waals surface area contributed by atoms with Crippen molar-refractivity contribution < 1.29 is 17.6 Å². The average molecular weight is 329 g/mol. The fourth-order valence-electron chi connectivity index (χ4n) is 2.32. The Bertz CT molecular complexity index is 774. The predicted molar refractivity (Wildman–Crippen MR) is 83.6 cm³/mol. The summed E-state index contributed by atoms with van der Waals surface area (Å²) >= 11 is 5.68. The van der Waals surface area contributed by atoms with Gasteiger partial charge in [0.05, 0.1) is 11.3 Å². The van der Waals surface area contributed by atoms with Crippen LogP contribution in [0.15, 0.2) is 22.6 Å². The van der Waals surface area contributed by atoms with Gasteiger partial charge in [0, 0.05) is 18.1 Å². The van der Waals surface area contributed by atoms with Crippen molar-refractivity contribution in [2.45, 2.75) is 31.9 Å². The molecule has 1 aromatic carbocycles. The topological polar surface area (TPSA) is 64.3 Å². The van der Waals surface area contributed by atoms with E-state index in [-0.39, 0.29) is 5.75 Å². The van der Waals surface area contributed by atoms with Gasteiger partial charge in [0.2, 0.25) is 0 Å². The Balaban J connectivity index is 2.54. The fraction of sp³-hybridized carbons (Fsp3) is 0.400. The highest BCUT2D eigenvalue weighted by Gasteiger charge is 2.19. The molecule has 0 spiro atoms. The third-order valence-electron chi connectivity index (χ3n) is 3.21. The molecular weight excluding hydrogens is 312 g/mol. The van der Waals surface area contributed by atoms with E-state index in [1.165, 1.54) is 6.26 Å². The van der Waals surface area contributed by atoms with E-state index in [2.05, 4.69) is 6.92 Å². The smallest absolute Gasteiger partial charge is 0.256 e. The van der Waals surface area contributed by atoms with E-state index in [9.17, 15) is 13.2 Å². The summed E-state index contributed by atoms with van der Waals surface area (Å²) in [5.74, 6) is 0.497. The number of carbonyl (C=O) groups excluding carboxylic acids is 1. The van der Waals surface area contributed by atoms with Crippen LogP contribution in [0.1, 0.15) is 41.4 Å². The zero-order valence-electron chi connectivity index (χ0n) is 12.0. The van der Waals surface area contributed by atoms with Gasteiger partial charge in [-0.2, -0.15) is 0 Å². The van der Waals surface area contributed by atoms with E-state index >= 15 is 0 Å². The van der Waals surface area contributed by atoms with Crippen LogP contribution in [0.2, 0.25) is 0 Å². The van der Waals surface area contributed by atoms with Gasteiger partial charge in [-0.1, -0.05) is 19.4 Å². The van der Waals surface area contributed by atoms with E-state index in [4.69, 9.17) is 16.0 Å². The van der Waals surface area contributed by atoms with E-state index in [1.807, 2.05) is 0 Å². The third kappa shape index (κ3) is 3.86. The molecule has 0 atom stereocenters. The maximum atomic E-state index is 11.7. The van der Waals surface area contributed by atoms with Crippen molar-refractivity contribution in [1.29, 1.82) is 0 Å². The lowest BCUT2D eigenvalue weighted by atomic mass is 10.1. The summed E-state index contributed by atoms with van der Waals surface area (Å²) in [5, 5.41) is 0.0126. The number of sulfone groups is 1. The van der Waals surface area contributed by atoms with Crippen molar-refractivity contribution in [2.75, 3.05) is 6.26 Å². The normalized spacial score (nSPS) is 12.0. The molecule has 0 N–H and O–H groups in total. The summed E-state index contributed by atoms with van der Waals surface area (Å²) < 4.78 is 28.5. The molecule has 0 saturated heterocycles. The number of rotatable bonds is 6. The van der Waals surface area contributed by atoms with Gasteiger partial charge in [-0.25, -0.2) is 8.42 Å². The standard InChI is InChI=1S/C15H17ClO4S/c1-3-4-5-13-14(15(16)17)11-8-10(9-21(2,18)19)6-7-12(11)20-13/h6-8H,3-5,9H2,1-2H3. The molecule has 0 radical (unpaired) electrons. The minimum absolute atomic E-state index is 0.0751. The minimum Gasteiger partial charge on any atom is -0.460 e. The third-order valence-corrected chi connectivity index (χ3v) is 4.25. The number of aryl methyl sites for hydroxylation is 1. The minimum atomic E-state index is -3.13. The number of benzene rings is 1. The lowest BCUT2D eigenvalue weighted by Crippen LogP contribution is -2.00. The van der Waals surface area contributed by atoms with Crippen LogP contribution in [-0.4, -0.2) is 19.9 Å². The van der Waals surface area contributed by atoms with Crippen molar-refractivity contribution in [3.05, 3.63) is 35.1 Å². The molecule has 0 aliphatic carbocycles. The van der Waals surface area contributed by atoms with Crippen molar-refractivity contribution in [2.24, 2.45) is 0 Å². The molecule has 6 heteroatoms. The second-order valence-electron chi connectivity index (χ2n) is 5.18. The summed E-state index contributed by atoms with van der Waals surface area (Å²) in [4.78, 5) is 11.7. The summed E-state index contributed by atoms with van der Waals surface area (Å²) in [6, 6.07) is 5.05. The molecule has 0 unspecified atom stereocenters. The first-order valence-corrected chi connectivity index (χ1v) is 9.17. The van der Waals surface area contributed by atoms with Crippen LogP contribution in [-0.2, 0) is 22.0 Å². The second-order valence-corrected chi connectivity index (χ2v) is 7.66. The number of halogens is 1. The Morgan fingerprint density at radius 1 is 1.33 bits per heavy atom. The van der Waals surface area contributed by atoms with E-state index in [1.54, 1.807) is 18.2 Å². The first-order chi connectivity index (χ1) is 9.81. The summed E-state index contributed by atoms with van der Waals surface area (Å²) in [6.45, 7) is 2.05. The van der Waals surface area contributed by atoms with Gasteiger partial charge in [0.1, 0.15) is 11.3 Å². The van der Waals surface area contributed by atoms with Gasteiger partial charge < -0.3 is 4.42 Å². The van der Waals surface area contributed by atoms with Crippen LogP contribution in [0.3, 0.4) is 0 Å². The molecule has 2 rings (SSSR count). The van der Waals surface area contributed by atoms with Gasteiger partial charge in [0.15, 0.2) is 9.84 Å². The first kappa shape index (κ1) is 16.0. The summed E-state index contributed by atoms with van der Waals surface area (Å²) in [6.07, 6.45) is 3.69. The van der Waals surface area contributed by atoms with Gasteiger partial charge in [-0.15, -0.1) is 0 Å². The van der Waals surface area contributed by atoms with Crippen LogP contribution in [0.25, 0.3) is 11.0 Å². The van der Waals surface area contributed by atoms with Gasteiger partial charge >= 0.3 is 0 Å². The SMILES string of the molecule is CCCCc1oc2ccc(CS(C)(=O)=O)cc2c1C(=O)Cl. The number of carbonyl (C=O) groups is 1. The lowest BCUT2D eigenvalue weighted by Gasteiger charge is -2.00. The second kappa shape index (κ2) is 6.20. The molecule has 1 heterocycles. The first-order valence-electron chi connectivity index (χ1n) is 6.73. The van der Waals surface area contributed by atoms with E-state index in [0.717, 1.165) is 12.8 Å². The van der Waals surface area contributed by atoms with Crippen LogP contribution in [0, 0.1) is 0 Å². The zero-order valence-corrected chi connectivity index (χ0v) is 13.6. The molecule has 0 aliphatic heterocycles. The molecule has 4 nitrogen and oxygen atoms in total. The van der Waals surface area contributed by atoms with E-state index < -0.39 is 15.1 Å². The highest BCUT2D eigenvalue weighted by Crippen LogP contribution is 2.30. The molecule has 1 aromatic heterocycles. The maximum absolute atomic E-state index is 11.7. The highest BCUT2D eigenvalue weighted by atomic mass is 35.5. The van der Waals surface area contributed by atoms with Crippen LogP contribution in [0.5, 0.6) is 0 Å². The lowest BCUT2D eigenvalue weighted by molar-refractivity contribution is 0.108. The van der Waals surface area contributed by atoms with Crippen molar-refractivity contribution in [3.8, 4) is 0 Å². The number of hydrogen-bond donors (Lipinski definition) is 0. The number of unbranched alkanes of at least 4 members (excludes halogenated alkanes) is 1. The van der Waals surface area contributed by atoms with Crippen molar-refractivity contribution in [1.82, 2.24) is 0 Å².